The van der Waals surface area contributed by atoms with Gasteiger partial charge in [0.1, 0.15) is 0 Å². The number of unbranched alkanes of at least 4 members (excludes halogenated alkanes) is 3. The molecule has 0 aliphatic heterocycles. The monoisotopic (exact) mass is 544 g/mol. The predicted molar refractivity (Wildman–Crippen MR) is 146 cm³/mol. The van der Waals surface area contributed by atoms with E-state index in [4.69, 9.17) is 3.97 Å². The number of carboxylic acids is 2. The molecule has 2 atom stereocenters. The maximum absolute atomic E-state index is 14.0. The second-order valence-electron chi connectivity index (χ2n) is 10.7. The van der Waals surface area contributed by atoms with Crippen LogP contribution in [0.1, 0.15) is 84.1 Å². The maximum atomic E-state index is 14.0. The van der Waals surface area contributed by atoms with E-state index in [0.717, 1.165) is 44.1 Å². The number of hydrogen-bond acceptors (Lipinski definition) is 5. The van der Waals surface area contributed by atoms with E-state index in [2.05, 4.69) is 20.8 Å². The minimum atomic E-state index is -4.21. The van der Waals surface area contributed by atoms with Crippen molar-refractivity contribution in [2.45, 2.75) is 90.0 Å². The molecular formula is C27H45O7PS. The number of carbonyl (C=O) groups is 2. The summed E-state index contributed by atoms with van der Waals surface area (Å²) in [5, 5.41) is 18.1. The summed E-state index contributed by atoms with van der Waals surface area (Å²) in [6.07, 6.45) is 7.74. The van der Waals surface area contributed by atoms with Crippen molar-refractivity contribution in [3.63, 3.8) is 0 Å². The molecule has 1 aromatic carbocycles. The van der Waals surface area contributed by atoms with E-state index in [1.807, 2.05) is 30.3 Å². The summed E-state index contributed by atoms with van der Waals surface area (Å²) in [6, 6.07) is 9.93. The summed E-state index contributed by atoms with van der Waals surface area (Å²) < 4.78 is 34.7. The van der Waals surface area contributed by atoms with Gasteiger partial charge in [0, 0.05) is 0 Å². The van der Waals surface area contributed by atoms with Crippen LogP contribution < -0.4 is 0 Å². The van der Waals surface area contributed by atoms with Crippen molar-refractivity contribution in [1.82, 2.24) is 0 Å². The van der Waals surface area contributed by atoms with E-state index < -0.39 is 46.0 Å². The zero-order valence-corrected chi connectivity index (χ0v) is 23.8. The van der Waals surface area contributed by atoms with Crippen molar-refractivity contribution in [2.24, 2.45) is 11.8 Å². The molecule has 0 saturated heterocycles. The Bertz CT molecular complexity index is 917. The second-order valence-corrected chi connectivity index (χ2v) is 18.3. The van der Waals surface area contributed by atoms with Crippen LogP contribution in [-0.2, 0) is 29.8 Å². The molecule has 2 unspecified atom stereocenters. The van der Waals surface area contributed by atoms with E-state index in [9.17, 15) is 28.2 Å². The SMILES string of the molecule is CCCCP(CCCC)(CCCC)(Cc1ccccc1)OS(=O)(=O)C1CC(C(=O)O)CC(C(=O)O)C1. The molecule has 2 N–H and O–H groups in total. The molecule has 0 bridgehead atoms. The Morgan fingerprint density at radius 3 is 1.67 bits per heavy atom. The first-order chi connectivity index (χ1) is 17.0. The van der Waals surface area contributed by atoms with Crippen LogP contribution in [0.4, 0.5) is 0 Å². The molecule has 206 valence electrons. The molecule has 0 amide bonds. The van der Waals surface area contributed by atoms with Gasteiger partial charge in [-0.1, -0.05) is 0 Å². The molecule has 9 heteroatoms. The molecule has 2 rings (SSSR count). The summed E-state index contributed by atoms with van der Waals surface area (Å²) >= 11 is 0. The van der Waals surface area contributed by atoms with Crippen molar-refractivity contribution < 1.29 is 32.2 Å². The molecule has 36 heavy (non-hydrogen) atoms. The van der Waals surface area contributed by atoms with Gasteiger partial charge in [0.25, 0.3) is 0 Å². The molecule has 1 aliphatic rings. The average Bonchev–Trinajstić information content (AvgIpc) is 2.85. The average molecular weight is 545 g/mol. The first-order valence-corrected chi connectivity index (χ1v) is 17.8. The zero-order valence-electron chi connectivity index (χ0n) is 22.1. The normalized spacial score (nSPS) is 22.0. The van der Waals surface area contributed by atoms with Crippen LogP contribution in [0, 0.1) is 11.8 Å². The van der Waals surface area contributed by atoms with E-state index in [0.29, 0.717) is 24.6 Å². The quantitative estimate of drug-likeness (QED) is 0.233. The fraction of sp³-hybridized carbons (Fsp3) is 0.704. The molecule has 0 radical (unpaired) electrons. The molecule has 1 fully saturated rings. The molecule has 1 aromatic rings. The van der Waals surface area contributed by atoms with Crippen LogP contribution in [0.25, 0.3) is 0 Å². The van der Waals surface area contributed by atoms with Crippen LogP contribution >= 0.6 is 6.83 Å². The molecule has 0 spiro atoms. The van der Waals surface area contributed by atoms with E-state index in [1.54, 1.807) is 0 Å². The van der Waals surface area contributed by atoms with Crippen molar-refractivity contribution in [3.8, 4) is 0 Å². The summed E-state index contributed by atoms with van der Waals surface area (Å²) in [4.78, 5) is 23.6. The van der Waals surface area contributed by atoms with Gasteiger partial charge >= 0.3 is 217 Å². The topological polar surface area (TPSA) is 118 Å². The summed E-state index contributed by atoms with van der Waals surface area (Å²) in [5.74, 6) is -4.31. The summed E-state index contributed by atoms with van der Waals surface area (Å²) in [7, 11) is -4.21. The molecule has 7 nitrogen and oxygen atoms in total. The van der Waals surface area contributed by atoms with Gasteiger partial charge in [-0.3, -0.25) is 0 Å². The molecule has 1 aliphatic carbocycles. The van der Waals surface area contributed by atoms with Gasteiger partial charge in [-0.05, 0) is 0 Å². The zero-order chi connectivity index (χ0) is 26.8. The number of hydrogen-bond donors (Lipinski definition) is 2. The Morgan fingerprint density at radius 1 is 0.833 bits per heavy atom. The third kappa shape index (κ3) is 8.00. The Labute approximate surface area is 217 Å². The molecular weight excluding hydrogens is 499 g/mol. The number of carboxylic acid groups (broad SMARTS) is 2. The van der Waals surface area contributed by atoms with Crippen molar-refractivity contribution >= 4 is 28.9 Å². The van der Waals surface area contributed by atoms with Gasteiger partial charge in [0.05, 0.1) is 0 Å². The Hall–Kier alpha value is -1.50. The number of rotatable bonds is 16. The van der Waals surface area contributed by atoms with Gasteiger partial charge in [-0.2, -0.15) is 0 Å². The molecule has 0 aromatic heterocycles. The van der Waals surface area contributed by atoms with Gasteiger partial charge in [-0.25, -0.2) is 0 Å². The molecule has 0 heterocycles. The van der Waals surface area contributed by atoms with E-state index in [1.165, 1.54) is 0 Å². The predicted octanol–water partition coefficient (Wildman–Crippen LogP) is 6.36. The van der Waals surface area contributed by atoms with Crippen LogP contribution in [0.15, 0.2) is 30.3 Å². The third-order valence-electron chi connectivity index (χ3n) is 7.74. The fourth-order valence-electron chi connectivity index (χ4n) is 5.69. The number of aliphatic carboxylic acids is 2. The fourth-order valence-corrected chi connectivity index (χ4v) is 16.2. The Kier molecular flexibility index (Phi) is 11.4. The van der Waals surface area contributed by atoms with Crippen LogP contribution in [0.5, 0.6) is 0 Å². The van der Waals surface area contributed by atoms with E-state index in [-0.39, 0.29) is 19.3 Å². The van der Waals surface area contributed by atoms with Crippen LogP contribution in [0.2, 0.25) is 0 Å². The Morgan fingerprint density at radius 2 is 1.28 bits per heavy atom. The van der Waals surface area contributed by atoms with E-state index >= 15 is 0 Å². The van der Waals surface area contributed by atoms with Crippen LogP contribution in [-0.4, -0.2) is 54.3 Å². The van der Waals surface area contributed by atoms with Gasteiger partial charge in [-0.15, -0.1) is 0 Å². The molecule has 1 saturated carbocycles. The Balaban J connectivity index is 2.61. The first kappa shape index (κ1) is 30.7. The standard InChI is InChI=1S/C27H45O7PS/c1-4-7-15-35(16-8-5-2,17-9-6-3,21-22-13-11-10-12-14-22)34-36(32,33)25-19-23(26(28)29)18-24(20-25)27(30)31/h10-14,23-25H,4-9,15-21H2,1-3H3,(H,28,29)(H,30,31). The summed E-state index contributed by atoms with van der Waals surface area (Å²) in [6.45, 7) is 2.92. The second kappa shape index (κ2) is 13.3. The van der Waals surface area contributed by atoms with Crippen LogP contribution in [0.3, 0.4) is 0 Å². The van der Waals surface area contributed by atoms with Gasteiger partial charge in [0.15, 0.2) is 0 Å². The van der Waals surface area contributed by atoms with Crippen molar-refractivity contribution in [1.29, 1.82) is 0 Å². The number of benzene rings is 1. The minimum absolute atomic E-state index is 0.0498. The van der Waals surface area contributed by atoms with Gasteiger partial charge in [0.2, 0.25) is 0 Å². The summed E-state index contributed by atoms with van der Waals surface area (Å²) in [5.41, 5.74) is 1.06. The first-order valence-electron chi connectivity index (χ1n) is 13.5. The van der Waals surface area contributed by atoms with Crippen molar-refractivity contribution in [2.75, 3.05) is 18.5 Å². The van der Waals surface area contributed by atoms with Crippen molar-refractivity contribution in [3.05, 3.63) is 35.9 Å². The third-order valence-corrected chi connectivity index (χ3v) is 17.0. The van der Waals surface area contributed by atoms with Gasteiger partial charge < -0.3 is 0 Å².